The van der Waals surface area contributed by atoms with Crippen LogP contribution in [0.25, 0.3) is 16.6 Å². The predicted octanol–water partition coefficient (Wildman–Crippen LogP) is 3.22. The highest BCUT2D eigenvalue weighted by atomic mass is 19.1. The molecule has 0 aliphatic carbocycles. The lowest BCUT2D eigenvalue weighted by atomic mass is 10.1. The highest BCUT2D eigenvalue weighted by Gasteiger charge is 2.18. The summed E-state index contributed by atoms with van der Waals surface area (Å²) in [7, 11) is 1.61. The third-order valence-corrected chi connectivity index (χ3v) is 5.55. The molecule has 0 radical (unpaired) electrons. The fourth-order valence-electron chi connectivity index (χ4n) is 3.93. The lowest BCUT2D eigenvalue weighted by Gasteiger charge is -2.11. The highest BCUT2D eigenvalue weighted by Crippen LogP contribution is 2.27. The average molecular weight is 450 g/mol. The Labute approximate surface area is 188 Å². The topological polar surface area (TPSA) is 112 Å². The molecule has 9 heteroatoms. The van der Waals surface area contributed by atoms with Crippen molar-refractivity contribution in [3.63, 3.8) is 0 Å². The van der Waals surface area contributed by atoms with E-state index < -0.39 is 22.9 Å². The SMILES string of the molecule is COc1ccc2[nH]c(C)c(CCN=C(C)c3c(O)n(-c4cccc(F)c4)c(=O)[nH]c3=O)c2c1. The van der Waals surface area contributed by atoms with Gasteiger partial charge in [-0.3, -0.25) is 14.8 Å². The van der Waals surface area contributed by atoms with Crippen LogP contribution in [0.4, 0.5) is 4.39 Å². The van der Waals surface area contributed by atoms with E-state index in [1.54, 1.807) is 14.0 Å². The van der Waals surface area contributed by atoms with Gasteiger partial charge in [0.15, 0.2) is 0 Å². The van der Waals surface area contributed by atoms with Gasteiger partial charge in [0.05, 0.1) is 12.8 Å². The molecule has 0 saturated heterocycles. The van der Waals surface area contributed by atoms with Crippen LogP contribution in [0.3, 0.4) is 0 Å². The molecule has 0 unspecified atom stereocenters. The van der Waals surface area contributed by atoms with E-state index in [4.69, 9.17) is 4.74 Å². The first-order valence-corrected chi connectivity index (χ1v) is 10.3. The number of halogens is 1. The van der Waals surface area contributed by atoms with Crippen molar-refractivity contribution < 1.29 is 14.2 Å². The van der Waals surface area contributed by atoms with Crippen molar-refractivity contribution in [2.75, 3.05) is 13.7 Å². The number of aromatic hydroxyl groups is 1. The van der Waals surface area contributed by atoms with Crippen LogP contribution in [0, 0.1) is 12.7 Å². The third kappa shape index (κ3) is 4.17. The Bertz CT molecular complexity index is 1500. The minimum Gasteiger partial charge on any atom is -0.497 e. The van der Waals surface area contributed by atoms with Crippen molar-refractivity contribution in [3.05, 3.63) is 85.9 Å². The quantitative estimate of drug-likeness (QED) is 0.392. The van der Waals surface area contributed by atoms with Crippen LogP contribution in [-0.2, 0) is 6.42 Å². The number of H-pyrrole nitrogens is 2. The molecule has 0 aliphatic heterocycles. The monoisotopic (exact) mass is 450 g/mol. The smallest absolute Gasteiger partial charge is 0.335 e. The van der Waals surface area contributed by atoms with Gasteiger partial charge in [-0.05, 0) is 62.2 Å². The number of aromatic amines is 2. The van der Waals surface area contributed by atoms with Gasteiger partial charge in [-0.15, -0.1) is 0 Å². The van der Waals surface area contributed by atoms with Gasteiger partial charge in [-0.25, -0.2) is 13.8 Å². The Kier molecular flexibility index (Phi) is 5.87. The highest BCUT2D eigenvalue weighted by molar-refractivity contribution is 6.00. The number of aromatic nitrogens is 3. The second-order valence-corrected chi connectivity index (χ2v) is 7.63. The summed E-state index contributed by atoms with van der Waals surface area (Å²) < 4.78 is 19.8. The first-order valence-electron chi connectivity index (χ1n) is 10.3. The summed E-state index contributed by atoms with van der Waals surface area (Å²) in [5, 5.41) is 11.7. The maximum Gasteiger partial charge on any atom is 0.335 e. The standard InChI is InChI=1S/C24H23FN4O4/c1-13-18(19-12-17(33-3)7-8-20(19)27-13)9-10-26-14(2)21-22(30)28-24(32)29(23(21)31)16-6-4-5-15(25)11-16/h4-8,11-12,27,31H,9-10H2,1-3H3,(H,28,30,32). The van der Waals surface area contributed by atoms with Gasteiger partial charge in [0.2, 0.25) is 5.88 Å². The Morgan fingerprint density at radius 2 is 1.97 bits per heavy atom. The van der Waals surface area contributed by atoms with Gasteiger partial charge in [-0.1, -0.05) is 6.07 Å². The molecule has 0 bridgehead atoms. The lowest BCUT2D eigenvalue weighted by molar-refractivity contribution is 0.415. The van der Waals surface area contributed by atoms with Crippen molar-refractivity contribution in [2.24, 2.45) is 4.99 Å². The molecule has 3 N–H and O–H groups in total. The van der Waals surface area contributed by atoms with Crippen molar-refractivity contribution >= 4 is 16.6 Å². The van der Waals surface area contributed by atoms with Gasteiger partial charge in [0.25, 0.3) is 5.56 Å². The molecule has 2 aromatic carbocycles. The van der Waals surface area contributed by atoms with E-state index in [9.17, 15) is 19.1 Å². The van der Waals surface area contributed by atoms with Gasteiger partial charge in [0, 0.05) is 28.9 Å². The molecule has 4 aromatic rings. The fourth-order valence-corrected chi connectivity index (χ4v) is 3.93. The number of ether oxygens (including phenoxy) is 1. The van der Waals surface area contributed by atoms with Gasteiger partial charge >= 0.3 is 5.69 Å². The maximum absolute atomic E-state index is 13.6. The molecular formula is C24H23FN4O4. The molecule has 4 rings (SSSR count). The minimum absolute atomic E-state index is 0.0890. The van der Waals surface area contributed by atoms with Crippen molar-refractivity contribution in [1.29, 1.82) is 0 Å². The van der Waals surface area contributed by atoms with Crippen LogP contribution in [-0.4, -0.2) is 39.0 Å². The summed E-state index contributed by atoms with van der Waals surface area (Å²) in [6, 6.07) is 10.9. The van der Waals surface area contributed by atoms with E-state index in [2.05, 4.69) is 15.0 Å². The van der Waals surface area contributed by atoms with Crippen LogP contribution in [0.2, 0.25) is 0 Å². The van der Waals surface area contributed by atoms with Gasteiger partial charge < -0.3 is 14.8 Å². The third-order valence-electron chi connectivity index (χ3n) is 5.55. The second kappa shape index (κ2) is 8.78. The summed E-state index contributed by atoms with van der Waals surface area (Å²) >= 11 is 0. The zero-order valence-electron chi connectivity index (χ0n) is 18.4. The van der Waals surface area contributed by atoms with Gasteiger partial charge in [0.1, 0.15) is 17.1 Å². The lowest BCUT2D eigenvalue weighted by Crippen LogP contribution is -2.32. The van der Waals surface area contributed by atoms with Crippen molar-refractivity contribution in [1.82, 2.24) is 14.5 Å². The number of rotatable bonds is 6. The largest absolute Gasteiger partial charge is 0.497 e. The molecule has 33 heavy (non-hydrogen) atoms. The van der Waals surface area contributed by atoms with Crippen LogP contribution in [0.5, 0.6) is 11.6 Å². The number of nitrogens with zero attached hydrogens (tertiary/aromatic N) is 2. The summed E-state index contributed by atoms with van der Waals surface area (Å²) in [5.41, 5.74) is 1.63. The maximum atomic E-state index is 13.6. The van der Waals surface area contributed by atoms with Crippen molar-refractivity contribution in [3.8, 4) is 17.3 Å². The van der Waals surface area contributed by atoms with E-state index in [-0.39, 0.29) is 17.0 Å². The molecule has 0 aliphatic rings. The summed E-state index contributed by atoms with van der Waals surface area (Å²) in [6.07, 6.45) is 0.582. The van der Waals surface area contributed by atoms with Crippen LogP contribution < -0.4 is 16.0 Å². The number of nitrogens with one attached hydrogen (secondary N) is 2. The minimum atomic E-state index is -0.872. The molecule has 8 nitrogen and oxygen atoms in total. The Balaban J connectivity index is 1.67. The Morgan fingerprint density at radius 1 is 1.18 bits per heavy atom. The Hall–Kier alpha value is -4.14. The molecule has 170 valence electrons. The molecule has 0 spiro atoms. The summed E-state index contributed by atoms with van der Waals surface area (Å²) in [5.74, 6) is -0.426. The molecule has 0 amide bonds. The van der Waals surface area contributed by atoms with Crippen LogP contribution in [0.1, 0.15) is 23.7 Å². The number of methoxy groups -OCH3 is 1. The molecule has 0 saturated carbocycles. The number of hydrogen-bond donors (Lipinski definition) is 3. The number of aryl methyl sites for hydroxylation is 1. The number of aliphatic imine (C=N–C) groups is 1. The molecular weight excluding hydrogens is 427 g/mol. The van der Waals surface area contributed by atoms with Crippen molar-refractivity contribution in [2.45, 2.75) is 20.3 Å². The average Bonchev–Trinajstić information content (AvgIpc) is 3.07. The second-order valence-electron chi connectivity index (χ2n) is 7.63. The normalized spacial score (nSPS) is 11.8. The van der Waals surface area contributed by atoms with E-state index >= 15 is 0 Å². The summed E-state index contributed by atoms with van der Waals surface area (Å²) in [4.78, 5) is 34.7. The first-order chi connectivity index (χ1) is 15.8. The zero-order valence-corrected chi connectivity index (χ0v) is 18.4. The number of benzene rings is 2. The summed E-state index contributed by atoms with van der Waals surface area (Å²) in [6.45, 7) is 3.90. The van der Waals surface area contributed by atoms with Crippen LogP contribution in [0.15, 0.2) is 57.0 Å². The molecule has 0 fully saturated rings. The van der Waals surface area contributed by atoms with E-state index in [1.807, 2.05) is 25.1 Å². The van der Waals surface area contributed by atoms with E-state index in [1.165, 1.54) is 18.2 Å². The fraction of sp³-hybridized carbons (Fsp3) is 0.208. The van der Waals surface area contributed by atoms with Crippen LogP contribution >= 0.6 is 0 Å². The molecule has 2 aromatic heterocycles. The Morgan fingerprint density at radius 3 is 2.70 bits per heavy atom. The predicted molar refractivity (Wildman–Crippen MR) is 125 cm³/mol. The molecule has 2 heterocycles. The zero-order chi connectivity index (χ0) is 23.7. The van der Waals surface area contributed by atoms with E-state index in [0.29, 0.717) is 13.0 Å². The van der Waals surface area contributed by atoms with Gasteiger partial charge in [-0.2, -0.15) is 0 Å². The number of fused-ring (bicyclic) bond motifs is 1. The molecule has 0 atom stereocenters. The van der Waals surface area contributed by atoms with E-state index in [0.717, 1.165) is 38.5 Å². The number of hydrogen-bond acceptors (Lipinski definition) is 5. The first kappa shape index (κ1) is 22.1.